The molecule has 0 spiro atoms. The number of carbonyl (C=O) groups excluding carboxylic acids is 1. The fourth-order valence-electron chi connectivity index (χ4n) is 2.43. The van der Waals surface area contributed by atoms with Gasteiger partial charge in [0.15, 0.2) is 0 Å². The van der Waals surface area contributed by atoms with Gasteiger partial charge in [-0.05, 0) is 66.4 Å². The van der Waals surface area contributed by atoms with Crippen LogP contribution in [0.3, 0.4) is 0 Å². The van der Waals surface area contributed by atoms with Crippen molar-refractivity contribution in [2.75, 3.05) is 11.9 Å². The van der Waals surface area contributed by atoms with Gasteiger partial charge in [-0.25, -0.2) is 0 Å². The number of halogens is 2. The molecule has 1 aromatic rings. The third-order valence-electron chi connectivity index (χ3n) is 3.65. The zero-order valence-electron chi connectivity index (χ0n) is 11.6. The number of hydrogen-bond donors (Lipinski definition) is 2. The first-order chi connectivity index (χ1) is 9.56. The van der Waals surface area contributed by atoms with Crippen LogP contribution in [0.2, 0.25) is 5.02 Å². The SMILES string of the molecule is Cc1cc(Br)c(NC(=O)CCC2CCCCN2)cc1Cl. The number of carbonyl (C=O) groups is 1. The fourth-order valence-corrected chi connectivity index (χ4v) is 3.15. The maximum Gasteiger partial charge on any atom is 0.224 e. The van der Waals surface area contributed by atoms with Crippen LogP contribution in [0.15, 0.2) is 16.6 Å². The van der Waals surface area contributed by atoms with Crippen LogP contribution in [0, 0.1) is 6.92 Å². The normalized spacial score (nSPS) is 18.9. The van der Waals surface area contributed by atoms with E-state index in [2.05, 4.69) is 26.6 Å². The summed E-state index contributed by atoms with van der Waals surface area (Å²) in [6.45, 7) is 3.01. The van der Waals surface area contributed by atoms with Crippen molar-refractivity contribution in [3.05, 3.63) is 27.2 Å². The molecule has 0 radical (unpaired) electrons. The third kappa shape index (κ3) is 4.47. The molecule has 1 aliphatic rings. The molecule has 1 unspecified atom stereocenters. The summed E-state index contributed by atoms with van der Waals surface area (Å²) in [6, 6.07) is 4.19. The molecular weight excluding hydrogens is 340 g/mol. The Kier molecular flexibility index (Phi) is 5.87. The van der Waals surface area contributed by atoms with E-state index in [0.717, 1.165) is 28.7 Å². The molecule has 5 heteroatoms. The quantitative estimate of drug-likeness (QED) is 0.843. The van der Waals surface area contributed by atoms with Crippen LogP contribution in [0.1, 0.15) is 37.7 Å². The first kappa shape index (κ1) is 15.8. The van der Waals surface area contributed by atoms with E-state index >= 15 is 0 Å². The van der Waals surface area contributed by atoms with Crippen molar-refractivity contribution in [2.24, 2.45) is 0 Å². The highest BCUT2D eigenvalue weighted by Gasteiger charge is 2.14. The maximum atomic E-state index is 12.0. The van der Waals surface area contributed by atoms with Crippen molar-refractivity contribution in [3.8, 4) is 0 Å². The summed E-state index contributed by atoms with van der Waals surface area (Å²) in [5.41, 5.74) is 1.73. The monoisotopic (exact) mass is 358 g/mol. The second kappa shape index (κ2) is 7.43. The Hall–Kier alpha value is -0.580. The van der Waals surface area contributed by atoms with Gasteiger partial charge < -0.3 is 10.6 Å². The number of hydrogen-bond acceptors (Lipinski definition) is 2. The van der Waals surface area contributed by atoms with E-state index < -0.39 is 0 Å². The molecule has 1 heterocycles. The number of nitrogens with one attached hydrogen (secondary N) is 2. The van der Waals surface area contributed by atoms with Gasteiger partial charge in [0.2, 0.25) is 5.91 Å². The van der Waals surface area contributed by atoms with Gasteiger partial charge in [-0.1, -0.05) is 18.0 Å². The summed E-state index contributed by atoms with van der Waals surface area (Å²) in [4.78, 5) is 12.0. The van der Waals surface area contributed by atoms with Gasteiger partial charge >= 0.3 is 0 Å². The Morgan fingerprint density at radius 2 is 2.30 bits per heavy atom. The first-order valence-corrected chi connectivity index (χ1v) is 8.22. The molecule has 1 amide bonds. The minimum atomic E-state index is 0.0398. The Morgan fingerprint density at radius 1 is 1.50 bits per heavy atom. The van der Waals surface area contributed by atoms with Gasteiger partial charge in [0.1, 0.15) is 0 Å². The molecule has 1 fully saturated rings. The summed E-state index contributed by atoms with van der Waals surface area (Å²) >= 11 is 9.54. The number of amides is 1. The van der Waals surface area contributed by atoms with Gasteiger partial charge in [0.25, 0.3) is 0 Å². The van der Waals surface area contributed by atoms with Crippen molar-refractivity contribution in [3.63, 3.8) is 0 Å². The van der Waals surface area contributed by atoms with Crippen LogP contribution in [0.5, 0.6) is 0 Å². The lowest BCUT2D eigenvalue weighted by molar-refractivity contribution is -0.116. The lowest BCUT2D eigenvalue weighted by Gasteiger charge is -2.23. The maximum absolute atomic E-state index is 12.0. The summed E-state index contributed by atoms with van der Waals surface area (Å²) < 4.78 is 0.864. The Balaban J connectivity index is 1.86. The molecule has 1 saturated heterocycles. The molecule has 0 aliphatic carbocycles. The van der Waals surface area contributed by atoms with Gasteiger partial charge in [0, 0.05) is 22.0 Å². The van der Waals surface area contributed by atoms with E-state index in [1.807, 2.05) is 13.0 Å². The third-order valence-corrected chi connectivity index (χ3v) is 4.72. The van der Waals surface area contributed by atoms with Gasteiger partial charge in [0.05, 0.1) is 5.69 Å². The van der Waals surface area contributed by atoms with E-state index in [0.29, 0.717) is 17.5 Å². The summed E-state index contributed by atoms with van der Waals surface area (Å²) in [5, 5.41) is 7.04. The Morgan fingerprint density at radius 3 is 3.00 bits per heavy atom. The minimum absolute atomic E-state index is 0.0398. The number of benzene rings is 1. The molecule has 0 aromatic heterocycles. The number of rotatable bonds is 4. The second-order valence-corrected chi connectivity index (χ2v) is 6.58. The van der Waals surface area contributed by atoms with E-state index in [-0.39, 0.29) is 5.91 Å². The van der Waals surface area contributed by atoms with Crippen LogP contribution >= 0.6 is 27.5 Å². The average molecular weight is 360 g/mol. The molecule has 1 atom stereocenters. The molecule has 3 nitrogen and oxygen atoms in total. The number of piperidine rings is 1. The second-order valence-electron chi connectivity index (χ2n) is 5.31. The molecular formula is C15H20BrClN2O. The summed E-state index contributed by atoms with van der Waals surface area (Å²) in [6.07, 6.45) is 5.11. The standard InChI is InChI=1S/C15H20BrClN2O/c1-10-8-12(16)14(9-13(10)17)19-15(20)6-5-11-4-2-3-7-18-11/h8-9,11,18H,2-7H2,1H3,(H,19,20). The Labute approximate surface area is 133 Å². The minimum Gasteiger partial charge on any atom is -0.325 e. The lowest BCUT2D eigenvalue weighted by Crippen LogP contribution is -2.34. The van der Waals surface area contributed by atoms with Crippen LogP contribution in [-0.2, 0) is 4.79 Å². The van der Waals surface area contributed by atoms with E-state index in [1.165, 1.54) is 19.3 Å². The van der Waals surface area contributed by atoms with Gasteiger partial charge in [-0.15, -0.1) is 0 Å². The molecule has 1 aromatic carbocycles. The van der Waals surface area contributed by atoms with Gasteiger partial charge in [-0.3, -0.25) is 4.79 Å². The van der Waals surface area contributed by atoms with E-state index in [9.17, 15) is 4.79 Å². The van der Waals surface area contributed by atoms with E-state index in [1.54, 1.807) is 6.07 Å². The predicted molar refractivity (Wildman–Crippen MR) is 87.4 cm³/mol. The predicted octanol–water partition coefficient (Wildman–Crippen LogP) is 4.27. The smallest absolute Gasteiger partial charge is 0.224 e. The molecule has 20 heavy (non-hydrogen) atoms. The largest absolute Gasteiger partial charge is 0.325 e. The number of aryl methyl sites for hydroxylation is 1. The van der Waals surface area contributed by atoms with Crippen molar-refractivity contribution in [1.29, 1.82) is 0 Å². The summed E-state index contributed by atoms with van der Waals surface area (Å²) in [7, 11) is 0. The van der Waals surface area contributed by atoms with Gasteiger partial charge in [-0.2, -0.15) is 0 Å². The molecule has 110 valence electrons. The lowest BCUT2D eigenvalue weighted by atomic mass is 10.0. The van der Waals surface area contributed by atoms with Crippen LogP contribution in [-0.4, -0.2) is 18.5 Å². The molecule has 0 saturated carbocycles. The van der Waals surface area contributed by atoms with E-state index in [4.69, 9.17) is 11.6 Å². The zero-order valence-corrected chi connectivity index (χ0v) is 14.0. The van der Waals surface area contributed by atoms with Crippen LogP contribution in [0.4, 0.5) is 5.69 Å². The average Bonchev–Trinajstić information content (AvgIpc) is 2.44. The number of anilines is 1. The van der Waals surface area contributed by atoms with Crippen molar-refractivity contribution in [2.45, 2.75) is 45.1 Å². The summed E-state index contributed by atoms with van der Waals surface area (Å²) in [5.74, 6) is 0.0398. The first-order valence-electron chi connectivity index (χ1n) is 7.05. The molecule has 2 N–H and O–H groups in total. The fraction of sp³-hybridized carbons (Fsp3) is 0.533. The molecule has 1 aliphatic heterocycles. The van der Waals surface area contributed by atoms with Crippen molar-refractivity contribution in [1.82, 2.24) is 5.32 Å². The molecule has 0 bridgehead atoms. The highest BCUT2D eigenvalue weighted by molar-refractivity contribution is 9.10. The Bertz CT molecular complexity index is 487. The van der Waals surface area contributed by atoms with Crippen molar-refractivity contribution >= 4 is 39.1 Å². The topological polar surface area (TPSA) is 41.1 Å². The van der Waals surface area contributed by atoms with Crippen molar-refractivity contribution < 1.29 is 4.79 Å². The zero-order chi connectivity index (χ0) is 14.5. The highest BCUT2D eigenvalue weighted by Crippen LogP contribution is 2.29. The van der Waals surface area contributed by atoms with Crippen LogP contribution < -0.4 is 10.6 Å². The molecule has 2 rings (SSSR count). The van der Waals surface area contributed by atoms with Crippen LogP contribution in [0.25, 0.3) is 0 Å². The highest BCUT2D eigenvalue weighted by atomic mass is 79.9.